The summed E-state index contributed by atoms with van der Waals surface area (Å²) in [5.74, 6) is 0. The molecule has 0 aromatic heterocycles. The van der Waals surface area contributed by atoms with Crippen LogP contribution in [0.2, 0.25) is 0 Å². The van der Waals surface area contributed by atoms with Gasteiger partial charge in [0.15, 0.2) is 0 Å². The SMILES string of the molecule is CN(Cc1ccccc1Br)CC1CC(O)CN1. The van der Waals surface area contributed by atoms with E-state index in [0.717, 1.165) is 30.5 Å². The molecule has 2 rings (SSSR count). The molecule has 0 bridgehead atoms. The lowest BCUT2D eigenvalue weighted by molar-refractivity contribution is 0.189. The van der Waals surface area contributed by atoms with E-state index in [1.165, 1.54) is 5.56 Å². The summed E-state index contributed by atoms with van der Waals surface area (Å²) < 4.78 is 1.16. The fourth-order valence-electron chi connectivity index (χ4n) is 2.30. The van der Waals surface area contributed by atoms with Crippen LogP contribution in [0.15, 0.2) is 28.7 Å². The summed E-state index contributed by atoms with van der Waals surface area (Å²) in [6.45, 7) is 2.63. The third-order valence-corrected chi connectivity index (χ3v) is 3.90. The number of nitrogens with zero attached hydrogens (tertiary/aromatic N) is 1. The normalized spacial score (nSPS) is 24.5. The fourth-order valence-corrected chi connectivity index (χ4v) is 2.71. The molecule has 1 fully saturated rings. The van der Waals surface area contributed by atoms with Gasteiger partial charge in [-0.1, -0.05) is 34.1 Å². The minimum atomic E-state index is -0.170. The van der Waals surface area contributed by atoms with E-state index in [-0.39, 0.29) is 6.10 Å². The zero-order valence-electron chi connectivity index (χ0n) is 10.1. The lowest BCUT2D eigenvalue weighted by atomic mass is 10.1. The maximum Gasteiger partial charge on any atom is 0.0680 e. The van der Waals surface area contributed by atoms with Crippen LogP contribution in [0.4, 0.5) is 0 Å². The van der Waals surface area contributed by atoms with E-state index in [1.54, 1.807) is 0 Å². The van der Waals surface area contributed by atoms with E-state index in [4.69, 9.17) is 0 Å². The minimum Gasteiger partial charge on any atom is -0.392 e. The van der Waals surface area contributed by atoms with E-state index >= 15 is 0 Å². The van der Waals surface area contributed by atoms with Gasteiger partial charge in [-0.3, -0.25) is 0 Å². The molecule has 94 valence electrons. The second-order valence-electron chi connectivity index (χ2n) is 4.78. The highest BCUT2D eigenvalue weighted by Gasteiger charge is 2.22. The van der Waals surface area contributed by atoms with Gasteiger partial charge in [0, 0.05) is 30.1 Å². The molecule has 0 spiro atoms. The van der Waals surface area contributed by atoms with Gasteiger partial charge in [0.1, 0.15) is 0 Å². The first-order valence-electron chi connectivity index (χ1n) is 5.98. The molecule has 1 aliphatic rings. The molecule has 0 radical (unpaired) electrons. The molecule has 3 nitrogen and oxygen atoms in total. The summed E-state index contributed by atoms with van der Waals surface area (Å²) in [7, 11) is 2.12. The van der Waals surface area contributed by atoms with Crippen LogP contribution in [-0.2, 0) is 6.54 Å². The number of nitrogens with one attached hydrogen (secondary N) is 1. The van der Waals surface area contributed by atoms with Gasteiger partial charge in [0.05, 0.1) is 6.10 Å². The van der Waals surface area contributed by atoms with Crippen molar-refractivity contribution in [2.24, 2.45) is 0 Å². The second-order valence-corrected chi connectivity index (χ2v) is 5.64. The van der Waals surface area contributed by atoms with Crippen molar-refractivity contribution in [1.82, 2.24) is 10.2 Å². The number of aliphatic hydroxyl groups is 1. The standard InChI is InChI=1S/C13H19BrN2O/c1-16(9-11-6-12(17)7-15-11)8-10-4-2-3-5-13(10)14/h2-5,11-12,15,17H,6-9H2,1H3. The summed E-state index contributed by atoms with van der Waals surface area (Å²) in [6.07, 6.45) is 0.692. The highest BCUT2D eigenvalue weighted by molar-refractivity contribution is 9.10. The van der Waals surface area contributed by atoms with Crippen LogP contribution in [0.3, 0.4) is 0 Å². The Morgan fingerprint density at radius 3 is 2.88 bits per heavy atom. The molecule has 1 aromatic rings. The molecule has 0 amide bonds. The van der Waals surface area contributed by atoms with Gasteiger partial charge in [-0.05, 0) is 25.1 Å². The summed E-state index contributed by atoms with van der Waals surface area (Å²) in [5.41, 5.74) is 1.30. The van der Waals surface area contributed by atoms with E-state index in [9.17, 15) is 5.11 Å². The van der Waals surface area contributed by atoms with Crippen molar-refractivity contribution in [2.75, 3.05) is 20.1 Å². The van der Waals surface area contributed by atoms with Crippen LogP contribution < -0.4 is 5.32 Å². The summed E-state index contributed by atoms with van der Waals surface area (Å²) in [5, 5.41) is 12.8. The topological polar surface area (TPSA) is 35.5 Å². The molecule has 1 aromatic carbocycles. The average Bonchev–Trinajstić information content (AvgIpc) is 2.67. The second kappa shape index (κ2) is 5.96. The van der Waals surface area contributed by atoms with Crippen molar-refractivity contribution in [3.63, 3.8) is 0 Å². The first-order valence-corrected chi connectivity index (χ1v) is 6.78. The highest BCUT2D eigenvalue weighted by atomic mass is 79.9. The molecule has 2 unspecified atom stereocenters. The van der Waals surface area contributed by atoms with Crippen LogP contribution in [0.25, 0.3) is 0 Å². The third kappa shape index (κ3) is 3.78. The van der Waals surface area contributed by atoms with Crippen LogP contribution in [0.1, 0.15) is 12.0 Å². The van der Waals surface area contributed by atoms with Crippen LogP contribution in [0, 0.1) is 0 Å². The molecule has 1 aliphatic heterocycles. The molecule has 2 atom stereocenters. The van der Waals surface area contributed by atoms with Gasteiger partial charge in [0.25, 0.3) is 0 Å². The molecule has 4 heteroatoms. The van der Waals surface area contributed by atoms with Crippen molar-refractivity contribution >= 4 is 15.9 Å². The zero-order chi connectivity index (χ0) is 12.3. The predicted octanol–water partition coefficient (Wildman–Crippen LogP) is 1.60. The Kier molecular flexibility index (Phi) is 4.56. The van der Waals surface area contributed by atoms with Crippen molar-refractivity contribution < 1.29 is 5.11 Å². The van der Waals surface area contributed by atoms with Crippen molar-refractivity contribution in [2.45, 2.75) is 25.1 Å². The number of β-amino-alcohol motifs (C(OH)–C–C–N with tert-alkyl or cyclic N) is 1. The lowest BCUT2D eigenvalue weighted by Crippen LogP contribution is -2.34. The average molecular weight is 299 g/mol. The van der Waals surface area contributed by atoms with Gasteiger partial charge in [-0.25, -0.2) is 0 Å². The Morgan fingerprint density at radius 2 is 2.24 bits per heavy atom. The largest absolute Gasteiger partial charge is 0.392 e. The van der Waals surface area contributed by atoms with Crippen LogP contribution in [-0.4, -0.2) is 42.3 Å². The quantitative estimate of drug-likeness (QED) is 0.886. The fraction of sp³-hybridized carbons (Fsp3) is 0.538. The number of aliphatic hydroxyl groups excluding tert-OH is 1. The Labute approximate surface area is 111 Å². The summed E-state index contributed by atoms with van der Waals surface area (Å²) in [4.78, 5) is 2.29. The molecular formula is C13H19BrN2O. The molecule has 1 saturated heterocycles. The van der Waals surface area contributed by atoms with Gasteiger partial charge < -0.3 is 15.3 Å². The Bertz CT molecular complexity index is 372. The summed E-state index contributed by atoms with van der Waals surface area (Å²) >= 11 is 3.56. The summed E-state index contributed by atoms with van der Waals surface area (Å²) in [6, 6.07) is 8.71. The lowest BCUT2D eigenvalue weighted by Gasteiger charge is -2.21. The molecule has 17 heavy (non-hydrogen) atoms. The van der Waals surface area contributed by atoms with E-state index in [1.807, 2.05) is 6.07 Å². The molecule has 0 aliphatic carbocycles. The molecule has 2 N–H and O–H groups in total. The smallest absolute Gasteiger partial charge is 0.0680 e. The predicted molar refractivity (Wildman–Crippen MR) is 72.9 cm³/mol. The number of halogens is 1. The first kappa shape index (κ1) is 13.0. The monoisotopic (exact) mass is 298 g/mol. The van der Waals surface area contributed by atoms with E-state index < -0.39 is 0 Å². The Morgan fingerprint density at radius 1 is 1.47 bits per heavy atom. The van der Waals surface area contributed by atoms with Crippen LogP contribution >= 0.6 is 15.9 Å². The van der Waals surface area contributed by atoms with Gasteiger partial charge in [0.2, 0.25) is 0 Å². The Balaban J connectivity index is 1.85. The van der Waals surface area contributed by atoms with Crippen molar-refractivity contribution in [3.05, 3.63) is 34.3 Å². The highest BCUT2D eigenvalue weighted by Crippen LogP contribution is 2.18. The van der Waals surface area contributed by atoms with E-state index in [2.05, 4.69) is 51.4 Å². The molecular weight excluding hydrogens is 280 g/mol. The van der Waals surface area contributed by atoms with Gasteiger partial charge >= 0.3 is 0 Å². The third-order valence-electron chi connectivity index (χ3n) is 3.13. The minimum absolute atomic E-state index is 0.170. The van der Waals surface area contributed by atoms with Crippen LogP contribution in [0.5, 0.6) is 0 Å². The number of benzene rings is 1. The number of rotatable bonds is 4. The van der Waals surface area contributed by atoms with Crippen molar-refractivity contribution in [3.8, 4) is 0 Å². The molecule has 0 saturated carbocycles. The maximum atomic E-state index is 9.46. The van der Waals surface area contributed by atoms with Gasteiger partial charge in [-0.15, -0.1) is 0 Å². The maximum absolute atomic E-state index is 9.46. The van der Waals surface area contributed by atoms with Gasteiger partial charge in [-0.2, -0.15) is 0 Å². The van der Waals surface area contributed by atoms with Crippen molar-refractivity contribution in [1.29, 1.82) is 0 Å². The number of hydrogen-bond donors (Lipinski definition) is 2. The number of hydrogen-bond acceptors (Lipinski definition) is 3. The van der Waals surface area contributed by atoms with E-state index in [0.29, 0.717) is 6.04 Å². The Hall–Kier alpha value is -0.420. The molecule has 1 heterocycles. The first-order chi connectivity index (χ1) is 8.15. The zero-order valence-corrected chi connectivity index (χ0v) is 11.7. The number of likely N-dealkylation sites (N-methyl/N-ethyl adjacent to an activating group) is 1.